The van der Waals surface area contributed by atoms with Gasteiger partial charge in [-0.1, -0.05) is 27.2 Å². The second-order valence-electron chi connectivity index (χ2n) is 7.23. The minimum atomic E-state index is -0.871. The molecule has 31 heavy (non-hydrogen) atoms. The highest BCUT2D eigenvalue weighted by atomic mass is 32.1. The average molecular weight is 454 g/mol. The van der Waals surface area contributed by atoms with E-state index in [9.17, 15) is 23.2 Å². The number of rotatable bonds is 9. The number of anilines is 1. The topological polar surface area (TPSA) is 97.4 Å². The smallest absolute Gasteiger partial charge is 0.357 e. The number of hydrogen-bond acceptors (Lipinski definition) is 6. The summed E-state index contributed by atoms with van der Waals surface area (Å²) in [6.07, 6.45) is 0.681. The third-order valence-corrected chi connectivity index (χ3v) is 5.57. The molecule has 0 saturated heterocycles. The summed E-state index contributed by atoms with van der Waals surface area (Å²) >= 11 is 1.16. The summed E-state index contributed by atoms with van der Waals surface area (Å²) in [5, 5.41) is 5.45. The fourth-order valence-corrected chi connectivity index (χ4v) is 3.87. The van der Waals surface area contributed by atoms with Crippen molar-refractivity contribution in [2.24, 2.45) is 0 Å². The van der Waals surface area contributed by atoms with Crippen molar-refractivity contribution < 1.29 is 27.9 Å². The summed E-state index contributed by atoms with van der Waals surface area (Å²) in [7, 11) is 1.25. The highest BCUT2D eigenvalue weighted by molar-refractivity contribution is 7.16. The molecule has 0 radical (unpaired) electrons. The zero-order chi connectivity index (χ0) is 23.1. The Kier molecular flexibility index (Phi) is 8.61. The number of halogens is 2. The van der Waals surface area contributed by atoms with Crippen LogP contribution in [0.15, 0.2) is 18.2 Å². The quantitative estimate of drug-likeness (QED) is 0.563. The zero-order valence-electron chi connectivity index (χ0n) is 17.8. The summed E-state index contributed by atoms with van der Waals surface area (Å²) < 4.78 is 31.4. The number of hydrogen-bond donors (Lipinski definition) is 2. The molecule has 1 atom stereocenters. The van der Waals surface area contributed by atoms with Crippen LogP contribution in [-0.4, -0.2) is 35.9 Å². The van der Waals surface area contributed by atoms with Gasteiger partial charge >= 0.3 is 5.97 Å². The number of carbonyl (C=O) groups excluding carboxylic acids is 3. The highest BCUT2D eigenvalue weighted by Crippen LogP contribution is 2.30. The van der Waals surface area contributed by atoms with Gasteiger partial charge < -0.3 is 15.4 Å². The summed E-state index contributed by atoms with van der Waals surface area (Å²) in [6.45, 7) is 5.63. The molecule has 1 heterocycles. The van der Waals surface area contributed by atoms with Crippen LogP contribution in [-0.2, 0) is 20.7 Å². The molecular weight excluding hydrogens is 428 g/mol. The van der Waals surface area contributed by atoms with E-state index in [0.29, 0.717) is 17.7 Å². The second-order valence-corrected chi connectivity index (χ2v) is 8.26. The predicted molar refractivity (Wildman–Crippen MR) is 113 cm³/mol. The van der Waals surface area contributed by atoms with Crippen molar-refractivity contribution in [2.75, 3.05) is 12.4 Å². The Bertz CT molecular complexity index is 942. The average Bonchev–Trinajstić information content (AvgIpc) is 3.10. The molecule has 1 aromatic carbocycles. The number of nitrogens with one attached hydrogen (secondary N) is 2. The van der Waals surface area contributed by atoms with Crippen LogP contribution in [0.5, 0.6) is 0 Å². The molecule has 0 bridgehead atoms. The number of carbonyl (C=O) groups is 3. The number of amides is 2. The van der Waals surface area contributed by atoms with Gasteiger partial charge in [-0.25, -0.2) is 18.6 Å². The molecule has 0 fully saturated rings. The molecule has 0 aliphatic heterocycles. The molecule has 0 aliphatic rings. The van der Waals surface area contributed by atoms with E-state index in [1.807, 2.05) is 20.8 Å². The lowest BCUT2D eigenvalue weighted by Gasteiger charge is -2.17. The molecule has 2 rings (SSSR count). The first-order valence-corrected chi connectivity index (χ1v) is 10.6. The Morgan fingerprint density at radius 3 is 2.35 bits per heavy atom. The molecule has 0 unspecified atom stereocenters. The number of esters is 1. The molecule has 1 aromatic heterocycles. The Morgan fingerprint density at radius 2 is 1.81 bits per heavy atom. The number of benzene rings is 1. The van der Waals surface area contributed by atoms with E-state index < -0.39 is 35.5 Å². The van der Waals surface area contributed by atoms with Gasteiger partial charge in [0.2, 0.25) is 11.8 Å². The lowest BCUT2D eigenvalue weighted by molar-refractivity contribution is -0.126. The Balaban J connectivity index is 2.11. The zero-order valence-corrected chi connectivity index (χ0v) is 18.6. The van der Waals surface area contributed by atoms with Crippen LogP contribution in [0.3, 0.4) is 0 Å². The molecule has 2 N–H and O–H groups in total. The van der Waals surface area contributed by atoms with Gasteiger partial charge in [-0.15, -0.1) is 11.3 Å². The number of nitrogens with zero attached hydrogens (tertiary/aromatic N) is 1. The summed E-state index contributed by atoms with van der Waals surface area (Å²) in [5.74, 6) is -3.21. The van der Waals surface area contributed by atoms with Crippen LogP contribution in [0.4, 0.5) is 13.9 Å². The summed E-state index contributed by atoms with van der Waals surface area (Å²) in [5.41, 5.74) is 0.303. The van der Waals surface area contributed by atoms with Gasteiger partial charge in [0, 0.05) is 10.9 Å². The Labute approximate surface area is 183 Å². The lowest BCUT2D eigenvalue weighted by Crippen LogP contribution is -2.44. The van der Waals surface area contributed by atoms with Crippen LogP contribution >= 0.6 is 11.3 Å². The molecular formula is C21H25F2N3O4S. The molecule has 0 spiro atoms. The highest BCUT2D eigenvalue weighted by Gasteiger charge is 2.25. The maximum Gasteiger partial charge on any atom is 0.357 e. The Hall–Kier alpha value is -2.88. The maximum atomic E-state index is 13.3. The fraction of sp³-hybridized carbons (Fsp3) is 0.429. The first kappa shape index (κ1) is 24.4. The van der Waals surface area contributed by atoms with Crippen LogP contribution in [0, 0.1) is 11.6 Å². The normalized spacial score (nSPS) is 11.8. The predicted octanol–water partition coefficient (Wildman–Crippen LogP) is 3.80. The van der Waals surface area contributed by atoms with E-state index >= 15 is 0 Å². The van der Waals surface area contributed by atoms with Gasteiger partial charge in [0.05, 0.1) is 13.5 Å². The number of methoxy groups -OCH3 is 1. The fourth-order valence-electron chi connectivity index (χ4n) is 2.91. The standard InChI is InChI=1S/C21H25F2N3O4S/c1-5-6-15(24-16(27)9-12-7-13(22)10-14(23)8-12)19(28)26-21-25-17(20(29)30-4)18(31-21)11(2)3/h7-8,10-11,15H,5-6,9H2,1-4H3,(H,24,27)(H,25,26,28)/t15-/m0/s1. The monoisotopic (exact) mass is 453 g/mol. The summed E-state index contributed by atoms with van der Waals surface area (Å²) in [6, 6.07) is 1.98. The van der Waals surface area contributed by atoms with E-state index in [2.05, 4.69) is 15.6 Å². The van der Waals surface area contributed by atoms with E-state index in [1.54, 1.807) is 0 Å². The van der Waals surface area contributed by atoms with Crippen LogP contribution in [0.25, 0.3) is 0 Å². The lowest BCUT2D eigenvalue weighted by atomic mass is 10.1. The molecule has 7 nitrogen and oxygen atoms in total. The molecule has 2 aromatic rings. The van der Waals surface area contributed by atoms with E-state index in [-0.39, 0.29) is 28.7 Å². The third-order valence-electron chi connectivity index (χ3n) is 4.30. The van der Waals surface area contributed by atoms with Gasteiger partial charge in [0.25, 0.3) is 0 Å². The van der Waals surface area contributed by atoms with E-state index in [4.69, 9.17) is 4.74 Å². The van der Waals surface area contributed by atoms with E-state index in [1.165, 1.54) is 7.11 Å². The number of aromatic nitrogens is 1. The SMILES string of the molecule is CCC[C@H](NC(=O)Cc1cc(F)cc(F)c1)C(=O)Nc1nc(C(=O)OC)c(C(C)C)s1. The molecule has 168 valence electrons. The van der Waals surface area contributed by atoms with Crippen LogP contribution < -0.4 is 10.6 Å². The maximum absolute atomic E-state index is 13.3. The molecule has 2 amide bonds. The van der Waals surface area contributed by atoms with Crippen molar-refractivity contribution in [3.05, 3.63) is 46.0 Å². The second kappa shape index (κ2) is 10.9. The van der Waals surface area contributed by atoms with Crippen molar-refractivity contribution in [2.45, 2.75) is 52.0 Å². The molecule has 10 heteroatoms. The van der Waals surface area contributed by atoms with Gasteiger partial charge in [-0.05, 0) is 30.0 Å². The third kappa shape index (κ3) is 6.81. The molecule has 0 aliphatic carbocycles. The number of thiazole rings is 1. The van der Waals surface area contributed by atoms with Gasteiger partial charge in [-0.2, -0.15) is 0 Å². The van der Waals surface area contributed by atoms with Gasteiger partial charge in [0.1, 0.15) is 17.7 Å². The van der Waals surface area contributed by atoms with E-state index in [0.717, 1.165) is 29.5 Å². The van der Waals surface area contributed by atoms with Crippen molar-refractivity contribution in [3.63, 3.8) is 0 Å². The van der Waals surface area contributed by atoms with Gasteiger partial charge in [-0.3, -0.25) is 9.59 Å². The first-order valence-electron chi connectivity index (χ1n) is 9.78. The largest absolute Gasteiger partial charge is 0.464 e. The molecule has 0 saturated carbocycles. The van der Waals surface area contributed by atoms with Crippen molar-refractivity contribution in [3.8, 4) is 0 Å². The minimum absolute atomic E-state index is 0.00458. The first-order chi connectivity index (χ1) is 14.6. The van der Waals surface area contributed by atoms with Crippen molar-refractivity contribution in [1.82, 2.24) is 10.3 Å². The summed E-state index contributed by atoms with van der Waals surface area (Å²) in [4.78, 5) is 41.9. The van der Waals surface area contributed by atoms with Crippen molar-refractivity contribution in [1.29, 1.82) is 0 Å². The number of ether oxygens (including phenoxy) is 1. The van der Waals surface area contributed by atoms with Gasteiger partial charge in [0.15, 0.2) is 10.8 Å². The van der Waals surface area contributed by atoms with Crippen LogP contribution in [0.2, 0.25) is 0 Å². The Morgan fingerprint density at radius 1 is 1.16 bits per heavy atom. The minimum Gasteiger partial charge on any atom is -0.464 e. The van der Waals surface area contributed by atoms with Crippen LogP contribution in [0.1, 0.15) is 60.5 Å². The van der Waals surface area contributed by atoms with Crippen molar-refractivity contribution >= 4 is 34.3 Å².